The number of hydrogen-bond acceptors (Lipinski definition) is 8. The Labute approximate surface area is 191 Å². The van der Waals surface area contributed by atoms with Crippen molar-refractivity contribution < 1.29 is 38.0 Å². The molecule has 1 aromatic rings. The summed E-state index contributed by atoms with van der Waals surface area (Å²) in [5.41, 5.74) is 0.715. The third-order valence-corrected chi connectivity index (χ3v) is 4.31. The Hall–Kier alpha value is -2.00. The quantitative estimate of drug-likeness (QED) is 0.218. The van der Waals surface area contributed by atoms with Crippen molar-refractivity contribution in [2.45, 2.75) is 39.5 Å². The Morgan fingerprint density at radius 2 is 0.844 bits per heavy atom. The second kappa shape index (κ2) is 19.7. The molecule has 0 saturated heterocycles. The molecule has 0 aliphatic rings. The van der Waals surface area contributed by atoms with E-state index in [0.29, 0.717) is 50.8 Å². The highest BCUT2D eigenvalue weighted by atomic mass is 16.6. The Bertz CT molecular complexity index is 550. The summed E-state index contributed by atoms with van der Waals surface area (Å²) in [6, 6.07) is 6.13. The molecule has 0 heterocycles. The van der Waals surface area contributed by atoms with Gasteiger partial charge in [0.2, 0.25) is 0 Å². The molecule has 1 rings (SSSR count). The summed E-state index contributed by atoms with van der Waals surface area (Å²) in [4.78, 5) is 24.1. The highest BCUT2D eigenvalue weighted by Crippen LogP contribution is 2.07. The van der Waals surface area contributed by atoms with Crippen molar-refractivity contribution in [3.05, 3.63) is 35.4 Å². The number of rotatable bonds is 20. The predicted octanol–water partition coefficient (Wildman–Crippen LogP) is 3.67. The molecule has 32 heavy (non-hydrogen) atoms. The van der Waals surface area contributed by atoms with Crippen LogP contribution in [0.5, 0.6) is 0 Å². The molecule has 0 radical (unpaired) electrons. The van der Waals surface area contributed by atoms with E-state index >= 15 is 0 Å². The summed E-state index contributed by atoms with van der Waals surface area (Å²) in [6.07, 6.45) is 4.28. The molecule has 182 valence electrons. The van der Waals surface area contributed by atoms with Crippen LogP contribution < -0.4 is 0 Å². The highest BCUT2D eigenvalue weighted by molar-refractivity contribution is 5.93. The molecule has 0 aliphatic carbocycles. The van der Waals surface area contributed by atoms with E-state index in [4.69, 9.17) is 28.4 Å². The van der Waals surface area contributed by atoms with Crippen LogP contribution in [0.25, 0.3) is 0 Å². The van der Waals surface area contributed by atoms with E-state index in [1.807, 2.05) is 0 Å². The molecule has 0 atom stereocenters. The van der Waals surface area contributed by atoms with E-state index in [1.54, 1.807) is 0 Å². The third-order valence-electron chi connectivity index (χ3n) is 4.31. The van der Waals surface area contributed by atoms with Crippen LogP contribution in [0.1, 0.15) is 60.2 Å². The molecule has 1 aromatic carbocycles. The molecule has 0 spiro atoms. The van der Waals surface area contributed by atoms with E-state index in [-0.39, 0.29) is 13.2 Å². The molecular formula is C24H38O8. The fraction of sp³-hybridized carbons (Fsp3) is 0.667. The first-order valence-electron chi connectivity index (χ1n) is 11.4. The van der Waals surface area contributed by atoms with Crippen LogP contribution in [0.3, 0.4) is 0 Å². The minimum atomic E-state index is -0.470. The third kappa shape index (κ3) is 14.1. The van der Waals surface area contributed by atoms with Crippen molar-refractivity contribution in [3.8, 4) is 0 Å². The van der Waals surface area contributed by atoms with Crippen molar-refractivity contribution in [2.75, 3.05) is 66.1 Å². The Kier molecular flexibility index (Phi) is 17.2. The zero-order chi connectivity index (χ0) is 23.3. The summed E-state index contributed by atoms with van der Waals surface area (Å²) < 4.78 is 31.8. The van der Waals surface area contributed by atoms with Crippen molar-refractivity contribution in [1.29, 1.82) is 0 Å². The van der Waals surface area contributed by atoms with Gasteiger partial charge < -0.3 is 28.4 Å². The molecular weight excluding hydrogens is 416 g/mol. The first kappa shape index (κ1) is 28.0. The van der Waals surface area contributed by atoms with Crippen LogP contribution in [0.4, 0.5) is 0 Å². The number of carbonyl (C=O) groups excluding carboxylic acids is 2. The summed E-state index contributed by atoms with van der Waals surface area (Å²) in [6.45, 7) is 8.61. The van der Waals surface area contributed by atoms with E-state index in [0.717, 1.165) is 38.9 Å². The molecule has 8 nitrogen and oxygen atoms in total. The van der Waals surface area contributed by atoms with Gasteiger partial charge in [-0.3, -0.25) is 0 Å². The molecule has 0 bridgehead atoms. The number of esters is 2. The first-order chi connectivity index (χ1) is 15.7. The van der Waals surface area contributed by atoms with Gasteiger partial charge in [-0.05, 0) is 37.1 Å². The topological polar surface area (TPSA) is 89.5 Å². The van der Waals surface area contributed by atoms with Gasteiger partial charge in [-0.1, -0.05) is 26.7 Å². The lowest BCUT2D eigenvalue weighted by Gasteiger charge is -2.08. The number of hydrogen-bond donors (Lipinski definition) is 0. The van der Waals surface area contributed by atoms with Crippen molar-refractivity contribution in [2.24, 2.45) is 0 Å². The van der Waals surface area contributed by atoms with Crippen LogP contribution >= 0.6 is 0 Å². The van der Waals surface area contributed by atoms with Gasteiger partial charge in [-0.15, -0.1) is 0 Å². The molecule has 0 amide bonds. The maximum atomic E-state index is 12.0. The van der Waals surface area contributed by atoms with Crippen LogP contribution in [0.2, 0.25) is 0 Å². The lowest BCUT2D eigenvalue weighted by molar-refractivity contribution is 0.0137. The van der Waals surface area contributed by atoms with Gasteiger partial charge in [0.15, 0.2) is 0 Å². The maximum absolute atomic E-state index is 12.0. The Balaban J connectivity index is 2.11. The van der Waals surface area contributed by atoms with Gasteiger partial charge in [0.1, 0.15) is 13.2 Å². The van der Waals surface area contributed by atoms with Crippen LogP contribution in [-0.4, -0.2) is 78.0 Å². The molecule has 0 aliphatic heterocycles. The number of benzene rings is 1. The van der Waals surface area contributed by atoms with Crippen molar-refractivity contribution in [3.63, 3.8) is 0 Å². The zero-order valence-corrected chi connectivity index (χ0v) is 19.5. The van der Waals surface area contributed by atoms with Gasteiger partial charge in [-0.25, -0.2) is 9.59 Å². The standard InChI is InChI=1S/C24H38O8/c1-3-5-11-27-13-15-29-17-19-31-23(25)21-7-9-22(10-8-21)24(26)32-20-18-30-16-14-28-12-6-4-2/h7-10H,3-6,11-20H2,1-2H3. The summed E-state index contributed by atoms with van der Waals surface area (Å²) in [5.74, 6) is -0.940. The zero-order valence-electron chi connectivity index (χ0n) is 19.5. The largest absolute Gasteiger partial charge is 0.460 e. The average Bonchev–Trinajstić information content (AvgIpc) is 2.81. The smallest absolute Gasteiger partial charge is 0.338 e. The minimum absolute atomic E-state index is 0.154. The molecule has 0 saturated carbocycles. The van der Waals surface area contributed by atoms with Crippen molar-refractivity contribution in [1.82, 2.24) is 0 Å². The van der Waals surface area contributed by atoms with Crippen LogP contribution in [0.15, 0.2) is 24.3 Å². The predicted molar refractivity (Wildman–Crippen MR) is 120 cm³/mol. The van der Waals surface area contributed by atoms with Gasteiger partial charge in [0.25, 0.3) is 0 Å². The lowest BCUT2D eigenvalue weighted by Crippen LogP contribution is -2.14. The Morgan fingerprint density at radius 1 is 0.531 bits per heavy atom. The molecule has 0 fully saturated rings. The molecule has 0 N–H and O–H groups in total. The Morgan fingerprint density at radius 3 is 1.19 bits per heavy atom. The number of ether oxygens (including phenoxy) is 6. The summed E-state index contributed by atoms with van der Waals surface area (Å²) >= 11 is 0. The van der Waals surface area contributed by atoms with E-state index < -0.39 is 11.9 Å². The fourth-order valence-corrected chi connectivity index (χ4v) is 2.43. The first-order valence-corrected chi connectivity index (χ1v) is 11.4. The highest BCUT2D eigenvalue weighted by Gasteiger charge is 2.11. The van der Waals surface area contributed by atoms with Gasteiger partial charge in [0.05, 0.1) is 50.8 Å². The minimum Gasteiger partial charge on any atom is -0.460 e. The summed E-state index contributed by atoms with van der Waals surface area (Å²) in [5, 5.41) is 0. The van der Waals surface area contributed by atoms with Gasteiger partial charge in [0, 0.05) is 13.2 Å². The van der Waals surface area contributed by atoms with E-state index in [9.17, 15) is 9.59 Å². The van der Waals surface area contributed by atoms with E-state index in [1.165, 1.54) is 24.3 Å². The normalized spacial score (nSPS) is 10.8. The van der Waals surface area contributed by atoms with Gasteiger partial charge >= 0.3 is 11.9 Å². The summed E-state index contributed by atoms with van der Waals surface area (Å²) in [7, 11) is 0. The fourth-order valence-electron chi connectivity index (χ4n) is 2.43. The maximum Gasteiger partial charge on any atom is 0.338 e. The molecule has 0 aromatic heterocycles. The SMILES string of the molecule is CCCCOCCOCCOC(=O)c1ccc(C(=O)OCCOCCOCCCC)cc1. The van der Waals surface area contributed by atoms with Crippen LogP contribution in [0, 0.1) is 0 Å². The molecule has 0 unspecified atom stereocenters. The van der Waals surface area contributed by atoms with E-state index in [2.05, 4.69) is 13.8 Å². The lowest BCUT2D eigenvalue weighted by atomic mass is 10.1. The number of carbonyl (C=O) groups is 2. The second-order valence-electron chi connectivity index (χ2n) is 7.01. The average molecular weight is 455 g/mol. The van der Waals surface area contributed by atoms with Crippen LogP contribution in [-0.2, 0) is 28.4 Å². The monoisotopic (exact) mass is 454 g/mol. The van der Waals surface area contributed by atoms with Crippen molar-refractivity contribution >= 4 is 11.9 Å². The van der Waals surface area contributed by atoms with Gasteiger partial charge in [-0.2, -0.15) is 0 Å². The molecule has 8 heteroatoms. The second-order valence-corrected chi connectivity index (χ2v) is 7.01. The number of unbranched alkanes of at least 4 members (excludes halogenated alkanes) is 2.